The Balaban J connectivity index is 2.05. The summed E-state index contributed by atoms with van der Waals surface area (Å²) in [6.07, 6.45) is 3.76. The summed E-state index contributed by atoms with van der Waals surface area (Å²) in [4.78, 5) is 0. The fourth-order valence-electron chi connectivity index (χ4n) is 2.50. The smallest absolute Gasteiger partial charge is 0.118 e. The molecule has 2 bridgehead atoms. The molecular formula is C9H16FN. The molecule has 2 aliphatic heterocycles. The fraction of sp³-hybridized carbons (Fsp3) is 1.00. The van der Waals surface area contributed by atoms with Crippen molar-refractivity contribution >= 4 is 0 Å². The highest BCUT2D eigenvalue weighted by atomic mass is 19.1. The zero-order chi connectivity index (χ0) is 7.84. The van der Waals surface area contributed by atoms with E-state index in [2.05, 4.69) is 12.2 Å². The molecule has 0 amide bonds. The number of hydrogen-bond acceptors (Lipinski definition) is 1. The molecule has 2 fully saturated rings. The van der Waals surface area contributed by atoms with Crippen molar-refractivity contribution in [3.63, 3.8) is 0 Å². The first-order valence-electron chi connectivity index (χ1n) is 4.71. The van der Waals surface area contributed by atoms with Crippen LogP contribution in [0.3, 0.4) is 0 Å². The maximum Gasteiger partial charge on any atom is 0.118 e. The normalized spacial score (nSPS) is 49.6. The van der Waals surface area contributed by atoms with Crippen molar-refractivity contribution in [3.8, 4) is 0 Å². The number of hydrogen-bond donors (Lipinski definition) is 1. The number of halogens is 1. The van der Waals surface area contributed by atoms with Gasteiger partial charge in [0.05, 0.1) is 0 Å². The van der Waals surface area contributed by atoms with Gasteiger partial charge in [-0.3, -0.25) is 0 Å². The molecule has 2 aliphatic rings. The Morgan fingerprint density at radius 2 is 2.27 bits per heavy atom. The summed E-state index contributed by atoms with van der Waals surface area (Å²) in [6, 6.07) is 0.829. The monoisotopic (exact) mass is 157 g/mol. The first-order chi connectivity index (χ1) is 5.31. The average molecular weight is 157 g/mol. The van der Waals surface area contributed by atoms with E-state index in [1.54, 1.807) is 0 Å². The second kappa shape index (κ2) is 2.74. The van der Waals surface area contributed by atoms with Crippen LogP contribution in [0.1, 0.15) is 32.6 Å². The van der Waals surface area contributed by atoms with Gasteiger partial charge in [0.1, 0.15) is 6.17 Å². The molecule has 0 spiro atoms. The van der Waals surface area contributed by atoms with Crippen molar-refractivity contribution in [1.29, 1.82) is 0 Å². The van der Waals surface area contributed by atoms with E-state index in [1.807, 2.05) is 0 Å². The molecule has 11 heavy (non-hydrogen) atoms. The lowest BCUT2D eigenvalue weighted by Gasteiger charge is -2.31. The van der Waals surface area contributed by atoms with Crippen molar-refractivity contribution < 1.29 is 4.39 Å². The summed E-state index contributed by atoms with van der Waals surface area (Å²) in [6.45, 7) is 2.10. The van der Waals surface area contributed by atoms with Gasteiger partial charge >= 0.3 is 0 Å². The van der Waals surface area contributed by atoms with Gasteiger partial charge in [0.15, 0.2) is 0 Å². The Labute approximate surface area is 67.4 Å². The van der Waals surface area contributed by atoms with Gasteiger partial charge in [-0.2, -0.15) is 0 Å². The van der Waals surface area contributed by atoms with Gasteiger partial charge in [-0.15, -0.1) is 0 Å². The maximum atomic E-state index is 13.5. The summed E-state index contributed by atoms with van der Waals surface area (Å²) >= 11 is 0. The summed E-state index contributed by atoms with van der Waals surface area (Å²) in [5, 5.41) is 3.33. The molecule has 2 heteroatoms. The summed E-state index contributed by atoms with van der Waals surface area (Å²) < 4.78 is 13.5. The Kier molecular flexibility index (Phi) is 1.88. The van der Waals surface area contributed by atoms with Crippen LogP contribution in [0.15, 0.2) is 0 Å². The van der Waals surface area contributed by atoms with Gasteiger partial charge in [-0.1, -0.05) is 13.3 Å². The molecule has 0 aromatic carbocycles. The second-order valence-electron chi connectivity index (χ2n) is 3.90. The Morgan fingerprint density at radius 3 is 3.00 bits per heavy atom. The predicted molar refractivity (Wildman–Crippen MR) is 43.2 cm³/mol. The molecule has 4 unspecified atom stereocenters. The van der Waals surface area contributed by atoms with E-state index in [0.717, 1.165) is 19.3 Å². The molecule has 0 radical (unpaired) electrons. The van der Waals surface area contributed by atoms with E-state index in [1.165, 1.54) is 6.42 Å². The van der Waals surface area contributed by atoms with Crippen LogP contribution < -0.4 is 5.32 Å². The van der Waals surface area contributed by atoms with E-state index >= 15 is 0 Å². The van der Waals surface area contributed by atoms with Crippen LogP contribution in [0, 0.1) is 5.92 Å². The molecule has 0 saturated carbocycles. The van der Waals surface area contributed by atoms with Gasteiger partial charge in [0.2, 0.25) is 0 Å². The molecule has 4 atom stereocenters. The fourth-order valence-corrected chi connectivity index (χ4v) is 2.50. The predicted octanol–water partition coefficient (Wildman–Crippen LogP) is 1.88. The lowest BCUT2D eigenvalue weighted by atomic mass is 9.89. The highest BCUT2D eigenvalue weighted by Crippen LogP contribution is 2.34. The molecule has 0 aliphatic carbocycles. The number of fused-ring (bicyclic) bond motifs is 2. The van der Waals surface area contributed by atoms with Crippen molar-refractivity contribution in [1.82, 2.24) is 5.32 Å². The minimum Gasteiger partial charge on any atom is -0.308 e. The van der Waals surface area contributed by atoms with Crippen molar-refractivity contribution in [2.75, 3.05) is 0 Å². The molecule has 64 valence electrons. The maximum absolute atomic E-state index is 13.5. The van der Waals surface area contributed by atoms with Gasteiger partial charge < -0.3 is 5.32 Å². The first kappa shape index (κ1) is 7.53. The quantitative estimate of drug-likeness (QED) is 0.612. The third-order valence-corrected chi connectivity index (χ3v) is 3.22. The SMILES string of the molecule is CCC1CC2CCC(N2)C1F. The summed E-state index contributed by atoms with van der Waals surface area (Å²) in [7, 11) is 0. The Morgan fingerprint density at radius 1 is 1.45 bits per heavy atom. The van der Waals surface area contributed by atoms with E-state index in [-0.39, 0.29) is 6.04 Å². The largest absolute Gasteiger partial charge is 0.308 e. The van der Waals surface area contributed by atoms with E-state index in [0.29, 0.717) is 12.0 Å². The highest BCUT2D eigenvalue weighted by Gasteiger charge is 2.40. The summed E-state index contributed by atoms with van der Waals surface area (Å²) in [5.74, 6) is 0.341. The lowest BCUT2D eigenvalue weighted by Crippen LogP contribution is -2.46. The van der Waals surface area contributed by atoms with Crippen molar-refractivity contribution in [3.05, 3.63) is 0 Å². The van der Waals surface area contributed by atoms with Crippen molar-refractivity contribution in [2.24, 2.45) is 5.92 Å². The van der Waals surface area contributed by atoms with Crippen LogP contribution in [0.25, 0.3) is 0 Å². The molecule has 0 aromatic rings. The molecule has 2 saturated heterocycles. The topological polar surface area (TPSA) is 12.0 Å². The molecule has 1 N–H and O–H groups in total. The van der Waals surface area contributed by atoms with Crippen LogP contribution in [0.2, 0.25) is 0 Å². The Bertz CT molecular complexity index is 148. The molecule has 1 nitrogen and oxygen atoms in total. The van der Waals surface area contributed by atoms with Crippen LogP contribution >= 0.6 is 0 Å². The van der Waals surface area contributed by atoms with E-state index in [9.17, 15) is 4.39 Å². The van der Waals surface area contributed by atoms with E-state index in [4.69, 9.17) is 0 Å². The third kappa shape index (κ3) is 1.18. The van der Waals surface area contributed by atoms with E-state index < -0.39 is 6.17 Å². The average Bonchev–Trinajstić information content (AvgIpc) is 2.42. The molecule has 2 rings (SSSR count). The van der Waals surface area contributed by atoms with Crippen molar-refractivity contribution in [2.45, 2.75) is 50.9 Å². The van der Waals surface area contributed by atoms with Gasteiger partial charge in [-0.05, 0) is 25.2 Å². The van der Waals surface area contributed by atoms with Crippen LogP contribution in [-0.2, 0) is 0 Å². The van der Waals surface area contributed by atoms with Gasteiger partial charge in [0, 0.05) is 12.1 Å². The van der Waals surface area contributed by atoms with Crippen LogP contribution in [-0.4, -0.2) is 18.3 Å². The van der Waals surface area contributed by atoms with Gasteiger partial charge in [0.25, 0.3) is 0 Å². The number of rotatable bonds is 1. The molecule has 0 aromatic heterocycles. The standard InChI is InChI=1S/C9H16FN/c1-2-6-5-7-3-4-8(11-7)9(6)10/h6-9,11H,2-5H2,1H3. The summed E-state index contributed by atoms with van der Waals surface area (Å²) in [5.41, 5.74) is 0. The minimum absolute atomic E-state index is 0.193. The third-order valence-electron chi connectivity index (χ3n) is 3.22. The van der Waals surface area contributed by atoms with Crippen LogP contribution in [0.4, 0.5) is 4.39 Å². The first-order valence-corrected chi connectivity index (χ1v) is 4.71. The minimum atomic E-state index is -0.571. The molecule has 2 heterocycles. The zero-order valence-corrected chi connectivity index (χ0v) is 7.02. The Hall–Kier alpha value is -0.110. The number of alkyl halides is 1. The number of nitrogens with one attached hydrogen (secondary N) is 1. The van der Waals surface area contributed by atoms with Gasteiger partial charge in [-0.25, -0.2) is 4.39 Å². The van der Waals surface area contributed by atoms with Crippen LogP contribution in [0.5, 0.6) is 0 Å². The highest BCUT2D eigenvalue weighted by molar-refractivity contribution is 4.97. The molecular weight excluding hydrogens is 141 g/mol. The second-order valence-corrected chi connectivity index (χ2v) is 3.90. The zero-order valence-electron chi connectivity index (χ0n) is 7.02. The number of piperidine rings is 1. The lowest BCUT2D eigenvalue weighted by molar-refractivity contribution is 0.130.